The fourth-order valence-electron chi connectivity index (χ4n) is 0.591. The van der Waals surface area contributed by atoms with Gasteiger partial charge in [-0.05, 0) is 0 Å². The molecule has 0 aliphatic rings. The molecule has 0 amide bonds. The third-order valence-corrected chi connectivity index (χ3v) is 1.14. The Labute approximate surface area is 67.5 Å². The summed E-state index contributed by atoms with van der Waals surface area (Å²) in [5.74, 6) is 0. The first-order valence-electron chi connectivity index (χ1n) is 3.73. The van der Waals surface area contributed by atoms with E-state index in [1.54, 1.807) is 12.1 Å². The molecule has 60 valence electrons. The van der Waals surface area contributed by atoms with Gasteiger partial charge in [0.25, 0.3) is 0 Å². The van der Waals surface area contributed by atoms with E-state index in [4.69, 9.17) is 0 Å². The molecule has 0 unspecified atom stereocenters. The molecular weight excluding hydrogens is 138 g/mol. The van der Waals surface area contributed by atoms with Crippen LogP contribution in [0.15, 0.2) is 24.5 Å². The van der Waals surface area contributed by atoms with Crippen molar-refractivity contribution in [2.45, 2.75) is 13.8 Å². The molecule has 2 nitrogen and oxygen atoms in total. The number of pyridine rings is 1. The molecule has 0 saturated carbocycles. The molecule has 1 rings (SSSR count). The molecular formula is C9H14NO+. The number of rotatable bonds is 1. The van der Waals surface area contributed by atoms with Crippen LogP contribution in [0.4, 0.5) is 0 Å². The number of aldehydes is 1. The first-order valence-corrected chi connectivity index (χ1v) is 3.73. The minimum Gasteiger partial charge on any atom is -0.298 e. The van der Waals surface area contributed by atoms with E-state index in [0.29, 0.717) is 5.56 Å². The van der Waals surface area contributed by atoms with Gasteiger partial charge in [0.05, 0.1) is 0 Å². The van der Waals surface area contributed by atoms with Crippen molar-refractivity contribution in [2.24, 2.45) is 7.05 Å². The summed E-state index contributed by atoms with van der Waals surface area (Å²) in [7, 11) is 1.91. The maximum Gasteiger partial charge on any atom is 0.169 e. The molecule has 1 aromatic heterocycles. The summed E-state index contributed by atoms with van der Waals surface area (Å²) in [6, 6.07) is 3.54. The molecule has 0 aliphatic heterocycles. The molecule has 11 heavy (non-hydrogen) atoms. The summed E-state index contributed by atoms with van der Waals surface area (Å²) in [5, 5.41) is 0. The topological polar surface area (TPSA) is 20.9 Å². The van der Waals surface area contributed by atoms with Crippen molar-refractivity contribution in [1.82, 2.24) is 0 Å². The zero-order valence-electron chi connectivity index (χ0n) is 7.24. The number of aromatic nitrogens is 1. The lowest BCUT2D eigenvalue weighted by Crippen LogP contribution is -2.25. The monoisotopic (exact) mass is 152 g/mol. The van der Waals surface area contributed by atoms with Crippen molar-refractivity contribution >= 4 is 6.29 Å². The Hall–Kier alpha value is -1.18. The zero-order valence-corrected chi connectivity index (χ0v) is 7.24. The highest BCUT2D eigenvalue weighted by molar-refractivity contribution is 5.73. The van der Waals surface area contributed by atoms with Crippen molar-refractivity contribution < 1.29 is 9.36 Å². The maximum absolute atomic E-state index is 10.1. The van der Waals surface area contributed by atoms with Crippen LogP contribution in [0.1, 0.15) is 24.2 Å². The summed E-state index contributed by atoms with van der Waals surface area (Å²) < 4.78 is 1.88. The van der Waals surface area contributed by atoms with E-state index in [1.807, 2.05) is 37.9 Å². The van der Waals surface area contributed by atoms with E-state index in [1.165, 1.54) is 0 Å². The molecule has 0 saturated heterocycles. The highest BCUT2D eigenvalue weighted by atomic mass is 16.1. The number of carbonyl (C=O) groups is 1. The van der Waals surface area contributed by atoms with Crippen molar-refractivity contribution in [1.29, 1.82) is 0 Å². The van der Waals surface area contributed by atoms with Gasteiger partial charge in [0.15, 0.2) is 18.7 Å². The van der Waals surface area contributed by atoms with Crippen LogP contribution in [0, 0.1) is 0 Å². The van der Waals surface area contributed by atoms with Crippen LogP contribution in [0.25, 0.3) is 0 Å². The molecule has 1 aromatic rings. The second-order valence-electron chi connectivity index (χ2n) is 1.91. The van der Waals surface area contributed by atoms with Crippen LogP contribution in [-0.2, 0) is 7.05 Å². The quantitative estimate of drug-likeness (QED) is 0.439. The Balaban J connectivity index is 0.000000461. The van der Waals surface area contributed by atoms with Gasteiger partial charge in [0.2, 0.25) is 0 Å². The van der Waals surface area contributed by atoms with Gasteiger partial charge in [-0.25, -0.2) is 4.57 Å². The Morgan fingerprint density at radius 1 is 1.27 bits per heavy atom. The summed E-state index contributed by atoms with van der Waals surface area (Å²) >= 11 is 0. The lowest BCUT2D eigenvalue weighted by molar-refractivity contribution is -0.671. The lowest BCUT2D eigenvalue weighted by Gasteiger charge is -1.84. The van der Waals surface area contributed by atoms with E-state index in [0.717, 1.165) is 6.29 Å². The van der Waals surface area contributed by atoms with Gasteiger partial charge in [0, 0.05) is 17.7 Å². The van der Waals surface area contributed by atoms with E-state index in [9.17, 15) is 4.79 Å². The molecule has 1 heterocycles. The van der Waals surface area contributed by atoms with E-state index >= 15 is 0 Å². The fraction of sp³-hybridized carbons (Fsp3) is 0.333. The molecule has 0 N–H and O–H groups in total. The molecule has 0 fully saturated rings. The molecule has 0 radical (unpaired) electrons. The molecule has 2 heteroatoms. The fourth-order valence-corrected chi connectivity index (χ4v) is 0.591. The minimum absolute atomic E-state index is 0.716. The van der Waals surface area contributed by atoms with Gasteiger partial charge in [-0.1, -0.05) is 13.8 Å². The Morgan fingerprint density at radius 2 is 1.73 bits per heavy atom. The number of hydrogen-bond donors (Lipinski definition) is 0. The third-order valence-electron chi connectivity index (χ3n) is 1.14. The zero-order chi connectivity index (χ0) is 8.69. The number of carbonyl (C=O) groups excluding carboxylic acids is 1. The van der Waals surface area contributed by atoms with E-state index in [2.05, 4.69) is 0 Å². The lowest BCUT2D eigenvalue weighted by atomic mass is 10.3. The van der Waals surface area contributed by atoms with Crippen LogP contribution < -0.4 is 4.57 Å². The molecule has 0 spiro atoms. The van der Waals surface area contributed by atoms with Gasteiger partial charge in [-0.3, -0.25) is 4.79 Å². The molecule has 0 bridgehead atoms. The van der Waals surface area contributed by atoms with E-state index in [-0.39, 0.29) is 0 Å². The second kappa shape index (κ2) is 5.59. The van der Waals surface area contributed by atoms with E-state index < -0.39 is 0 Å². The first kappa shape index (κ1) is 9.82. The van der Waals surface area contributed by atoms with Crippen LogP contribution in [0.2, 0.25) is 0 Å². The van der Waals surface area contributed by atoms with Crippen molar-refractivity contribution in [2.75, 3.05) is 0 Å². The third kappa shape index (κ3) is 3.50. The Morgan fingerprint density at radius 3 is 2.09 bits per heavy atom. The van der Waals surface area contributed by atoms with Gasteiger partial charge < -0.3 is 0 Å². The second-order valence-corrected chi connectivity index (χ2v) is 1.91. The normalized spacial score (nSPS) is 7.91. The van der Waals surface area contributed by atoms with Gasteiger partial charge in [-0.2, -0.15) is 0 Å². The molecule has 0 aliphatic carbocycles. The van der Waals surface area contributed by atoms with Crippen LogP contribution in [0.3, 0.4) is 0 Å². The summed E-state index contributed by atoms with van der Waals surface area (Å²) in [6.07, 6.45) is 4.51. The van der Waals surface area contributed by atoms with Crippen LogP contribution in [-0.4, -0.2) is 6.29 Å². The smallest absolute Gasteiger partial charge is 0.169 e. The predicted molar refractivity (Wildman–Crippen MR) is 44.4 cm³/mol. The maximum atomic E-state index is 10.1. The predicted octanol–water partition coefficient (Wildman–Crippen LogP) is 1.35. The van der Waals surface area contributed by atoms with Gasteiger partial charge in [0.1, 0.15) is 7.05 Å². The largest absolute Gasteiger partial charge is 0.298 e. The van der Waals surface area contributed by atoms with Crippen molar-refractivity contribution in [3.8, 4) is 0 Å². The SMILES string of the molecule is CC.C[n+]1ccc(C=O)cc1. The highest BCUT2D eigenvalue weighted by Gasteiger charge is 1.90. The summed E-state index contributed by atoms with van der Waals surface area (Å²) in [4.78, 5) is 10.1. The van der Waals surface area contributed by atoms with Gasteiger partial charge >= 0.3 is 0 Å². The number of aryl methyl sites for hydroxylation is 1. The average Bonchev–Trinajstić information content (AvgIpc) is 2.10. The van der Waals surface area contributed by atoms with Crippen molar-refractivity contribution in [3.63, 3.8) is 0 Å². The number of hydrogen-bond acceptors (Lipinski definition) is 1. The first-order chi connectivity index (χ1) is 5.33. The Kier molecular flexibility index (Phi) is 4.99. The highest BCUT2D eigenvalue weighted by Crippen LogP contribution is 1.86. The standard InChI is InChI=1S/C7H8NO.C2H6/c1-8-4-2-7(6-9)3-5-8;1-2/h2-6H,1H3;1-2H3/q+1;. The summed E-state index contributed by atoms with van der Waals surface area (Å²) in [6.45, 7) is 4.00. The number of nitrogens with zero attached hydrogens (tertiary/aromatic N) is 1. The average molecular weight is 152 g/mol. The van der Waals surface area contributed by atoms with Crippen LogP contribution >= 0.6 is 0 Å². The Bertz CT molecular complexity index is 203. The van der Waals surface area contributed by atoms with Crippen LogP contribution in [0.5, 0.6) is 0 Å². The van der Waals surface area contributed by atoms with Gasteiger partial charge in [-0.15, -0.1) is 0 Å². The molecule has 0 aromatic carbocycles. The van der Waals surface area contributed by atoms with Crippen molar-refractivity contribution in [3.05, 3.63) is 30.1 Å². The molecule has 0 atom stereocenters. The minimum atomic E-state index is 0.716. The summed E-state index contributed by atoms with van der Waals surface area (Å²) in [5.41, 5.74) is 0.716.